The zero-order valence-electron chi connectivity index (χ0n) is 8.61. The van der Waals surface area contributed by atoms with E-state index >= 15 is 0 Å². The molecule has 1 heterocycles. The van der Waals surface area contributed by atoms with Crippen molar-refractivity contribution in [1.82, 2.24) is 15.1 Å². The van der Waals surface area contributed by atoms with Crippen LogP contribution in [0.2, 0.25) is 0 Å². The molecule has 0 unspecified atom stereocenters. The molecule has 15 heavy (non-hydrogen) atoms. The second-order valence-electron chi connectivity index (χ2n) is 3.46. The molecule has 1 rings (SSSR count). The molecular formula is C8H17N5O2. The van der Waals surface area contributed by atoms with Gasteiger partial charge in [-0.15, -0.1) is 0 Å². The average molecular weight is 215 g/mol. The highest BCUT2D eigenvalue weighted by molar-refractivity contribution is 5.72. The quantitative estimate of drug-likeness (QED) is 0.525. The summed E-state index contributed by atoms with van der Waals surface area (Å²) in [7, 11) is 0. The van der Waals surface area contributed by atoms with Gasteiger partial charge >= 0.3 is 12.1 Å². The molecule has 0 bridgehead atoms. The second kappa shape index (κ2) is 5.40. The predicted octanol–water partition coefficient (Wildman–Crippen LogP) is -1.65. The maximum atomic E-state index is 10.8. The van der Waals surface area contributed by atoms with E-state index in [1.165, 1.54) is 0 Å². The van der Waals surface area contributed by atoms with E-state index in [0.717, 1.165) is 19.6 Å². The number of piperazine rings is 1. The maximum Gasteiger partial charge on any atom is 0.314 e. The van der Waals surface area contributed by atoms with Crippen molar-refractivity contribution in [3.63, 3.8) is 0 Å². The summed E-state index contributed by atoms with van der Waals surface area (Å²) < 4.78 is 0. The van der Waals surface area contributed by atoms with Crippen molar-refractivity contribution in [2.45, 2.75) is 0 Å². The van der Waals surface area contributed by atoms with Crippen LogP contribution in [0.15, 0.2) is 0 Å². The van der Waals surface area contributed by atoms with Crippen molar-refractivity contribution >= 4 is 12.1 Å². The number of nitrogens with two attached hydrogens (primary N) is 2. The van der Waals surface area contributed by atoms with Gasteiger partial charge in [0.2, 0.25) is 0 Å². The largest absolute Gasteiger partial charge is 0.352 e. The van der Waals surface area contributed by atoms with Crippen molar-refractivity contribution in [3.05, 3.63) is 0 Å². The van der Waals surface area contributed by atoms with Crippen LogP contribution in [0.3, 0.4) is 0 Å². The summed E-state index contributed by atoms with van der Waals surface area (Å²) in [5.41, 5.74) is 10.1. The molecule has 0 aromatic carbocycles. The Kier molecular flexibility index (Phi) is 4.17. The van der Waals surface area contributed by atoms with Gasteiger partial charge in [0, 0.05) is 39.3 Å². The lowest BCUT2D eigenvalue weighted by atomic mass is 10.3. The van der Waals surface area contributed by atoms with Crippen LogP contribution < -0.4 is 16.8 Å². The molecule has 0 spiro atoms. The van der Waals surface area contributed by atoms with Gasteiger partial charge in [-0.05, 0) is 0 Å². The summed E-state index contributed by atoms with van der Waals surface area (Å²) in [6.45, 7) is 4.13. The first-order chi connectivity index (χ1) is 7.09. The molecule has 1 saturated heterocycles. The predicted molar refractivity (Wildman–Crippen MR) is 55.2 cm³/mol. The Balaban J connectivity index is 2.14. The number of amides is 4. The fourth-order valence-electron chi connectivity index (χ4n) is 1.53. The van der Waals surface area contributed by atoms with Crippen LogP contribution in [-0.4, -0.2) is 61.1 Å². The molecule has 1 fully saturated rings. The number of hydrogen-bond acceptors (Lipinski definition) is 3. The van der Waals surface area contributed by atoms with E-state index in [0.29, 0.717) is 19.6 Å². The Labute approximate surface area is 88.4 Å². The third-order valence-corrected chi connectivity index (χ3v) is 2.41. The molecular weight excluding hydrogens is 198 g/mol. The number of nitrogens with zero attached hydrogens (tertiary/aromatic N) is 2. The van der Waals surface area contributed by atoms with Crippen molar-refractivity contribution < 1.29 is 9.59 Å². The molecule has 5 N–H and O–H groups in total. The fraction of sp³-hybridized carbons (Fsp3) is 0.750. The fourth-order valence-corrected chi connectivity index (χ4v) is 1.53. The molecule has 7 nitrogen and oxygen atoms in total. The average Bonchev–Trinajstić information content (AvgIpc) is 2.18. The SMILES string of the molecule is NC(=O)NCCN1CCN(C(N)=O)CC1. The molecule has 1 aliphatic rings. The van der Waals surface area contributed by atoms with Crippen LogP contribution in [0, 0.1) is 0 Å². The number of rotatable bonds is 3. The number of hydrogen-bond donors (Lipinski definition) is 3. The molecule has 0 aliphatic carbocycles. The first-order valence-electron chi connectivity index (χ1n) is 4.89. The summed E-state index contributed by atoms with van der Waals surface area (Å²) in [6.07, 6.45) is 0. The first-order valence-corrected chi connectivity index (χ1v) is 4.89. The van der Waals surface area contributed by atoms with Crippen molar-refractivity contribution in [3.8, 4) is 0 Å². The molecule has 7 heteroatoms. The third-order valence-electron chi connectivity index (χ3n) is 2.41. The second-order valence-corrected chi connectivity index (χ2v) is 3.46. The van der Waals surface area contributed by atoms with E-state index in [4.69, 9.17) is 11.5 Å². The van der Waals surface area contributed by atoms with Crippen molar-refractivity contribution in [1.29, 1.82) is 0 Å². The monoisotopic (exact) mass is 215 g/mol. The Hall–Kier alpha value is -1.50. The highest BCUT2D eigenvalue weighted by Crippen LogP contribution is 1.99. The highest BCUT2D eigenvalue weighted by atomic mass is 16.2. The van der Waals surface area contributed by atoms with Crippen molar-refractivity contribution in [2.75, 3.05) is 39.3 Å². The molecule has 0 radical (unpaired) electrons. The third kappa shape index (κ3) is 4.03. The van der Waals surface area contributed by atoms with Gasteiger partial charge in [-0.1, -0.05) is 0 Å². The molecule has 4 amide bonds. The van der Waals surface area contributed by atoms with E-state index in [1.54, 1.807) is 4.90 Å². The Bertz CT molecular complexity index is 234. The Morgan fingerprint density at radius 1 is 1.13 bits per heavy atom. The number of nitrogens with one attached hydrogen (secondary N) is 1. The lowest BCUT2D eigenvalue weighted by Crippen LogP contribution is -2.51. The van der Waals surface area contributed by atoms with Crippen LogP contribution in [0.1, 0.15) is 0 Å². The van der Waals surface area contributed by atoms with Gasteiger partial charge in [-0.2, -0.15) is 0 Å². The van der Waals surface area contributed by atoms with E-state index in [1.807, 2.05) is 0 Å². The van der Waals surface area contributed by atoms with E-state index in [2.05, 4.69) is 10.2 Å². The Morgan fingerprint density at radius 3 is 2.20 bits per heavy atom. The van der Waals surface area contributed by atoms with Gasteiger partial charge in [0.15, 0.2) is 0 Å². The molecule has 0 saturated carbocycles. The molecule has 0 aromatic heterocycles. The molecule has 1 aliphatic heterocycles. The van der Waals surface area contributed by atoms with Gasteiger partial charge < -0.3 is 21.7 Å². The number of urea groups is 2. The first kappa shape index (κ1) is 11.6. The number of primary amides is 2. The van der Waals surface area contributed by atoms with Crippen LogP contribution >= 0.6 is 0 Å². The number of carbonyl (C=O) groups is 2. The summed E-state index contributed by atoms with van der Waals surface area (Å²) in [6, 6.07) is -0.879. The minimum absolute atomic E-state index is 0.370. The van der Waals surface area contributed by atoms with Crippen molar-refractivity contribution in [2.24, 2.45) is 11.5 Å². The topological polar surface area (TPSA) is 105 Å². The zero-order chi connectivity index (χ0) is 11.3. The normalized spacial score (nSPS) is 17.5. The lowest BCUT2D eigenvalue weighted by molar-refractivity contribution is 0.145. The van der Waals surface area contributed by atoms with Crippen LogP contribution in [0.4, 0.5) is 9.59 Å². The Morgan fingerprint density at radius 2 is 1.73 bits per heavy atom. The minimum Gasteiger partial charge on any atom is -0.352 e. The van der Waals surface area contributed by atoms with Gasteiger partial charge in [-0.25, -0.2) is 9.59 Å². The van der Waals surface area contributed by atoms with Crippen LogP contribution in [0.25, 0.3) is 0 Å². The summed E-state index contributed by atoms with van der Waals surface area (Å²) in [4.78, 5) is 25.0. The number of carbonyl (C=O) groups excluding carboxylic acids is 2. The van der Waals surface area contributed by atoms with Gasteiger partial charge in [0.1, 0.15) is 0 Å². The smallest absolute Gasteiger partial charge is 0.314 e. The zero-order valence-corrected chi connectivity index (χ0v) is 8.61. The summed E-state index contributed by atoms with van der Waals surface area (Å²) in [5, 5.41) is 2.52. The maximum absolute atomic E-state index is 10.8. The van der Waals surface area contributed by atoms with Crippen LogP contribution in [0.5, 0.6) is 0 Å². The standard InChI is InChI=1S/C8H17N5O2/c9-7(14)11-1-2-12-3-5-13(6-4-12)8(10)15/h1-6H2,(H2,10,15)(H3,9,11,14). The van der Waals surface area contributed by atoms with Gasteiger partial charge in [0.05, 0.1) is 0 Å². The van der Waals surface area contributed by atoms with Gasteiger partial charge in [-0.3, -0.25) is 4.90 Å². The molecule has 86 valence electrons. The summed E-state index contributed by atoms with van der Waals surface area (Å²) in [5.74, 6) is 0. The van der Waals surface area contributed by atoms with Gasteiger partial charge in [0.25, 0.3) is 0 Å². The minimum atomic E-state index is -0.509. The molecule has 0 aromatic rings. The van der Waals surface area contributed by atoms with E-state index in [-0.39, 0.29) is 6.03 Å². The van der Waals surface area contributed by atoms with E-state index in [9.17, 15) is 9.59 Å². The lowest BCUT2D eigenvalue weighted by Gasteiger charge is -2.33. The van der Waals surface area contributed by atoms with E-state index < -0.39 is 6.03 Å². The van der Waals surface area contributed by atoms with Crippen LogP contribution in [-0.2, 0) is 0 Å². The summed E-state index contributed by atoms with van der Waals surface area (Å²) >= 11 is 0. The highest BCUT2D eigenvalue weighted by Gasteiger charge is 2.18. The molecule has 0 atom stereocenters.